The van der Waals surface area contributed by atoms with Crippen LogP contribution in [-0.2, 0) is 0 Å². The molecule has 0 amide bonds. The van der Waals surface area contributed by atoms with Gasteiger partial charge in [-0.1, -0.05) is 12.2 Å². The Morgan fingerprint density at radius 1 is 1.62 bits per heavy atom. The van der Waals surface area contributed by atoms with Crippen molar-refractivity contribution in [1.29, 1.82) is 0 Å². The van der Waals surface area contributed by atoms with Gasteiger partial charge in [-0.05, 0) is 21.8 Å². The number of rotatable bonds is 1. The zero-order chi connectivity index (χ0) is 6.78. The second-order valence-corrected chi connectivity index (χ2v) is 10.2. The van der Waals surface area contributed by atoms with Crippen LogP contribution in [0.3, 0.4) is 0 Å². The van der Waals surface area contributed by atoms with Crippen molar-refractivity contribution in [1.82, 2.24) is 0 Å². The van der Waals surface area contributed by atoms with E-state index in [-0.39, 0.29) is 13.5 Å². The topological polar surface area (TPSA) is 26.0 Å². The zero-order valence-corrected chi connectivity index (χ0v) is 9.15. The van der Waals surface area contributed by atoms with Crippen LogP contribution < -0.4 is 5.73 Å². The van der Waals surface area contributed by atoms with E-state index in [4.69, 9.17) is 5.73 Å². The molecule has 0 saturated carbocycles. The van der Waals surface area contributed by atoms with Gasteiger partial charge in [-0.2, -0.15) is 0 Å². The zero-order valence-electron chi connectivity index (χ0n) is 6.15. The average Bonchev–Trinajstić information content (AvgIpc) is 1.21. The monoisotopic (exact) mass is 145 g/mol. The molecular formula is C5H15NSi2. The quantitative estimate of drug-likeness (QED) is 0.475. The molecule has 0 radical (unpaired) electrons. The summed E-state index contributed by atoms with van der Waals surface area (Å²) in [5.41, 5.74) is 8.00. The number of nitrogens with two attached hydrogens (primary N) is 1. The third-order valence-corrected chi connectivity index (χ3v) is 2.85. The standard InChI is InChI=1S/C5H15NSi2/c1-5(2,6)4-8(3)7/h4H,6H2,1-3,7H3. The third-order valence-electron chi connectivity index (χ3n) is 0.661. The number of hydrogen-bond donors (Lipinski definition) is 1. The third kappa shape index (κ3) is 6.26. The Labute approximate surface area is 55.7 Å². The molecule has 0 fully saturated rings. The Balaban J connectivity index is 3.89. The summed E-state index contributed by atoms with van der Waals surface area (Å²) in [6, 6.07) is 0. The maximum Gasteiger partial charge on any atom is 0.0239 e. The van der Waals surface area contributed by atoms with Crippen LogP contribution in [0.2, 0.25) is 6.55 Å². The van der Waals surface area contributed by atoms with Gasteiger partial charge in [-0.3, -0.25) is 0 Å². The Morgan fingerprint density at radius 3 is 2.00 bits per heavy atom. The highest BCUT2D eigenvalue weighted by Crippen LogP contribution is 1.88. The highest BCUT2D eigenvalue weighted by Gasteiger charge is 2.03. The fourth-order valence-electron chi connectivity index (χ4n) is 0.744. The van der Waals surface area contributed by atoms with Crippen LogP contribution in [0.5, 0.6) is 0 Å². The molecular weight excluding hydrogens is 130 g/mol. The molecule has 0 aromatic carbocycles. The summed E-state index contributed by atoms with van der Waals surface area (Å²) in [6.45, 7) is 6.41. The molecule has 1 nitrogen and oxygen atoms in total. The van der Waals surface area contributed by atoms with E-state index in [0.717, 1.165) is 0 Å². The lowest BCUT2D eigenvalue weighted by Crippen LogP contribution is -2.36. The molecule has 0 saturated heterocycles. The molecule has 3 heteroatoms. The Hall–Kier alpha value is 0.264. The molecule has 48 valence electrons. The molecule has 2 N–H and O–H groups in total. The molecule has 8 heavy (non-hydrogen) atoms. The molecule has 0 unspecified atom stereocenters. The van der Waals surface area contributed by atoms with E-state index in [1.165, 1.54) is 9.76 Å². The molecule has 0 aliphatic heterocycles. The van der Waals surface area contributed by atoms with Crippen LogP contribution in [0.15, 0.2) is 0 Å². The maximum atomic E-state index is 5.73. The van der Waals surface area contributed by atoms with Gasteiger partial charge in [0.25, 0.3) is 0 Å². The predicted octanol–water partition coefficient (Wildman–Crippen LogP) is -0.906. The molecule has 0 aromatic rings. The smallest absolute Gasteiger partial charge is 0.0239 e. The summed E-state index contributed by atoms with van der Waals surface area (Å²) in [5.74, 6) is 0. The Morgan fingerprint density at radius 2 is 2.00 bits per heavy atom. The van der Waals surface area contributed by atoms with Gasteiger partial charge < -0.3 is 5.73 Å². The molecule has 0 aliphatic rings. The van der Waals surface area contributed by atoms with E-state index in [1.54, 1.807) is 0 Å². The van der Waals surface area contributed by atoms with Gasteiger partial charge in [-0.15, -0.1) is 0 Å². The van der Waals surface area contributed by atoms with Crippen molar-refractivity contribution in [2.45, 2.75) is 25.9 Å². The summed E-state index contributed by atoms with van der Waals surface area (Å²) < 4.78 is 0. The normalized spacial score (nSPS) is 14.8. The van der Waals surface area contributed by atoms with E-state index < -0.39 is 0 Å². The van der Waals surface area contributed by atoms with Crippen LogP contribution in [0.4, 0.5) is 0 Å². The van der Waals surface area contributed by atoms with Crippen molar-refractivity contribution in [3.63, 3.8) is 0 Å². The first-order valence-corrected chi connectivity index (χ1v) is 8.44. The van der Waals surface area contributed by atoms with Crippen LogP contribution in [0, 0.1) is 0 Å². The molecule has 0 atom stereocenters. The van der Waals surface area contributed by atoms with Gasteiger partial charge in [0.15, 0.2) is 0 Å². The average molecular weight is 145 g/mol. The first-order valence-electron chi connectivity index (χ1n) is 2.87. The minimum Gasteiger partial charge on any atom is -0.323 e. The van der Waals surface area contributed by atoms with Gasteiger partial charge in [0.1, 0.15) is 0 Å². The summed E-state index contributed by atoms with van der Waals surface area (Å²) in [4.78, 5) is 0. The second-order valence-electron chi connectivity index (χ2n) is 3.04. The van der Waals surface area contributed by atoms with E-state index in [0.29, 0.717) is 0 Å². The van der Waals surface area contributed by atoms with Crippen molar-refractivity contribution >= 4 is 23.4 Å². The number of hydrogen-bond acceptors (Lipinski definition) is 1. The summed E-state index contributed by atoms with van der Waals surface area (Å²) in [5, 5.41) is 0. The van der Waals surface area contributed by atoms with Crippen LogP contribution in [-0.4, -0.2) is 28.9 Å². The fourth-order valence-corrected chi connectivity index (χ4v) is 4.46. The summed E-state index contributed by atoms with van der Waals surface area (Å²) in [7, 11) is 1.21. The minimum absolute atomic E-state index is 0.0230. The van der Waals surface area contributed by atoms with Gasteiger partial charge in [0.05, 0.1) is 0 Å². The lowest BCUT2D eigenvalue weighted by Gasteiger charge is -2.12. The van der Waals surface area contributed by atoms with Gasteiger partial charge >= 0.3 is 0 Å². The maximum absolute atomic E-state index is 5.73. The first-order chi connectivity index (χ1) is 3.42. The lowest BCUT2D eigenvalue weighted by atomic mass is 10.1. The second kappa shape index (κ2) is 2.71. The molecule has 0 heterocycles. The van der Waals surface area contributed by atoms with Crippen molar-refractivity contribution < 1.29 is 0 Å². The largest absolute Gasteiger partial charge is 0.323 e. The van der Waals surface area contributed by atoms with Crippen molar-refractivity contribution in [3.05, 3.63) is 0 Å². The van der Waals surface area contributed by atoms with Gasteiger partial charge in [0.2, 0.25) is 0 Å². The van der Waals surface area contributed by atoms with Crippen LogP contribution in [0.1, 0.15) is 13.8 Å². The van der Waals surface area contributed by atoms with Crippen LogP contribution in [0.25, 0.3) is 0 Å². The van der Waals surface area contributed by atoms with E-state index in [2.05, 4.69) is 26.1 Å². The molecule has 0 spiro atoms. The molecule has 0 bridgehead atoms. The highest BCUT2D eigenvalue weighted by molar-refractivity contribution is 7.04. The van der Waals surface area contributed by atoms with Gasteiger partial charge in [-0.25, -0.2) is 0 Å². The van der Waals surface area contributed by atoms with Crippen LogP contribution >= 0.6 is 0 Å². The van der Waals surface area contributed by atoms with Crippen molar-refractivity contribution in [2.24, 2.45) is 5.73 Å². The van der Waals surface area contributed by atoms with Crippen molar-refractivity contribution in [3.8, 4) is 0 Å². The Kier molecular flexibility index (Phi) is 2.79. The summed E-state index contributed by atoms with van der Waals surface area (Å²) in [6.07, 6.45) is 0. The Bertz CT molecular complexity index is 97.5. The predicted molar refractivity (Wildman–Crippen MR) is 45.9 cm³/mol. The van der Waals surface area contributed by atoms with E-state index in [1.807, 2.05) is 0 Å². The van der Waals surface area contributed by atoms with E-state index >= 15 is 0 Å². The summed E-state index contributed by atoms with van der Waals surface area (Å²) >= 11 is 0. The molecule has 0 aliphatic carbocycles. The minimum atomic E-state index is -0.103. The van der Waals surface area contributed by atoms with E-state index in [9.17, 15) is 0 Å². The molecule has 0 rings (SSSR count). The SMILES string of the molecule is C[Si]([SiH3])=CC(C)(C)N. The lowest BCUT2D eigenvalue weighted by molar-refractivity contribution is 0.722. The molecule has 0 aromatic heterocycles. The van der Waals surface area contributed by atoms with Crippen molar-refractivity contribution in [2.75, 3.05) is 0 Å². The fraction of sp³-hybridized carbons (Fsp3) is 0.800. The van der Waals surface area contributed by atoms with Gasteiger partial charge in [0, 0.05) is 15.3 Å². The highest BCUT2D eigenvalue weighted by atomic mass is 29.1. The first kappa shape index (κ1) is 8.26.